The molecule has 3 rings (SSSR count). The molecule has 0 aliphatic rings. The van der Waals surface area contributed by atoms with Gasteiger partial charge in [0.2, 0.25) is 0 Å². The first-order chi connectivity index (χ1) is 14.4. The molecule has 0 unspecified atom stereocenters. The predicted molar refractivity (Wildman–Crippen MR) is 123 cm³/mol. The topological polar surface area (TPSA) is 60.2 Å². The van der Waals surface area contributed by atoms with Crippen molar-refractivity contribution in [1.82, 2.24) is 19.7 Å². The third kappa shape index (κ3) is 4.42. The number of nitrogens with zero attached hydrogens (tertiary/aromatic N) is 4. The molecule has 0 aliphatic heterocycles. The van der Waals surface area contributed by atoms with Crippen LogP contribution in [-0.4, -0.2) is 51.9 Å². The average molecular weight is 429 g/mol. The number of rotatable bonds is 9. The Labute approximate surface area is 182 Å². The van der Waals surface area contributed by atoms with Crippen LogP contribution in [0, 0.1) is 6.92 Å². The molecule has 1 amide bonds. The zero-order valence-electron chi connectivity index (χ0n) is 18.8. The number of aryl methyl sites for hydroxylation is 1. The quantitative estimate of drug-likeness (QED) is 0.462. The number of methoxy groups -OCH3 is 1. The fraction of sp³-hybridized carbons (Fsp3) is 0.522. The summed E-state index contributed by atoms with van der Waals surface area (Å²) in [4.78, 5) is 22.9. The predicted octanol–water partition coefficient (Wildman–Crippen LogP) is 5.33. The Morgan fingerprint density at radius 1 is 1.27 bits per heavy atom. The highest BCUT2D eigenvalue weighted by Crippen LogP contribution is 2.31. The van der Waals surface area contributed by atoms with E-state index in [9.17, 15) is 4.79 Å². The Bertz CT molecular complexity index is 1000. The van der Waals surface area contributed by atoms with Crippen molar-refractivity contribution in [1.29, 1.82) is 0 Å². The van der Waals surface area contributed by atoms with E-state index in [2.05, 4.69) is 51.9 Å². The van der Waals surface area contributed by atoms with Crippen molar-refractivity contribution in [3.63, 3.8) is 0 Å². The van der Waals surface area contributed by atoms with E-state index in [0.29, 0.717) is 18.7 Å². The average Bonchev–Trinajstić information content (AvgIpc) is 3.36. The summed E-state index contributed by atoms with van der Waals surface area (Å²) in [7, 11) is 1.67. The molecular weight excluding hydrogens is 396 g/mol. The lowest BCUT2D eigenvalue weighted by atomic mass is 10.1. The van der Waals surface area contributed by atoms with E-state index in [1.54, 1.807) is 24.6 Å². The van der Waals surface area contributed by atoms with Gasteiger partial charge in [0.05, 0.1) is 34.3 Å². The number of ether oxygens (including phenoxy) is 1. The molecule has 7 heteroatoms. The number of hydrogen-bond donors (Lipinski definition) is 0. The summed E-state index contributed by atoms with van der Waals surface area (Å²) >= 11 is 1.69. The number of hydrogen-bond acceptors (Lipinski definition) is 5. The molecule has 0 N–H and O–H groups in total. The Morgan fingerprint density at radius 3 is 2.57 bits per heavy atom. The molecule has 30 heavy (non-hydrogen) atoms. The number of carbonyl (C=O) groups excluding carboxylic acids is 1. The molecule has 0 aliphatic carbocycles. The minimum absolute atomic E-state index is 0.0194. The largest absolute Gasteiger partial charge is 0.383 e. The van der Waals surface area contributed by atoms with Gasteiger partial charge in [0.1, 0.15) is 0 Å². The van der Waals surface area contributed by atoms with Crippen molar-refractivity contribution in [3.05, 3.63) is 34.8 Å². The van der Waals surface area contributed by atoms with Gasteiger partial charge in [-0.05, 0) is 51.8 Å². The number of thiophene rings is 1. The highest BCUT2D eigenvalue weighted by Gasteiger charge is 2.26. The van der Waals surface area contributed by atoms with Crippen molar-refractivity contribution >= 4 is 28.3 Å². The lowest BCUT2D eigenvalue weighted by molar-refractivity contribution is 0.0591. The van der Waals surface area contributed by atoms with Crippen LogP contribution in [0.3, 0.4) is 0 Å². The van der Waals surface area contributed by atoms with E-state index in [1.165, 1.54) is 4.88 Å². The second-order valence-corrected chi connectivity index (χ2v) is 9.14. The van der Waals surface area contributed by atoms with E-state index < -0.39 is 0 Å². The first-order valence-electron chi connectivity index (χ1n) is 10.7. The van der Waals surface area contributed by atoms with E-state index in [0.717, 1.165) is 34.4 Å². The maximum atomic E-state index is 13.8. The molecule has 0 saturated carbocycles. The number of fused-ring (bicyclic) bond motifs is 1. The number of pyridine rings is 1. The van der Waals surface area contributed by atoms with Crippen LogP contribution in [0.1, 0.15) is 61.8 Å². The Balaban J connectivity index is 2.18. The van der Waals surface area contributed by atoms with Gasteiger partial charge >= 0.3 is 0 Å². The standard InChI is InChI=1S/C23H32N4O2S/c1-7-17(8-2)26(11-12-29-6)23(28)18-13-20(21-10-9-16(5)30-21)25-22-19(18)14-24-27(22)15(3)4/h9-10,13-15,17H,7-8,11-12H2,1-6H3. The van der Waals surface area contributed by atoms with Gasteiger partial charge in [-0.2, -0.15) is 5.10 Å². The molecule has 3 heterocycles. The molecule has 0 spiro atoms. The molecular formula is C23H32N4O2S. The van der Waals surface area contributed by atoms with E-state index in [-0.39, 0.29) is 18.0 Å². The maximum absolute atomic E-state index is 13.8. The summed E-state index contributed by atoms with van der Waals surface area (Å²) < 4.78 is 7.19. The number of aromatic nitrogens is 3. The summed E-state index contributed by atoms with van der Waals surface area (Å²) in [6.07, 6.45) is 3.59. The molecule has 0 fully saturated rings. The first-order valence-corrected chi connectivity index (χ1v) is 11.5. The SMILES string of the molecule is CCC(CC)N(CCOC)C(=O)c1cc(-c2ccc(C)s2)nc2c1cnn2C(C)C. The van der Waals surface area contributed by atoms with Crippen LogP contribution in [0.15, 0.2) is 24.4 Å². The van der Waals surface area contributed by atoms with Crippen molar-refractivity contribution in [2.24, 2.45) is 0 Å². The second kappa shape index (κ2) is 9.71. The molecule has 0 atom stereocenters. The fourth-order valence-electron chi connectivity index (χ4n) is 3.80. The summed E-state index contributed by atoms with van der Waals surface area (Å²) in [6.45, 7) is 11.6. The van der Waals surface area contributed by atoms with Crippen LogP contribution in [-0.2, 0) is 4.74 Å². The van der Waals surface area contributed by atoms with Crippen molar-refractivity contribution in [2.45, 2.75) is 59.5 Å². The highest BCUT2D eigenvalue weighted by atomic mass is 32.1. The van der Waals surface area contributed by atoms with Crippen molar-refractivity contribution in [3.8, 4) is 10.6 Å². The van der Waals surface area contributed by atoms with Crippen molar-refractivity contribution < 1.29 is 9.53 Å². The van der Waals surface area contributed by atoms with Gasteiger partial charge in [0.15, 0.2) is 5.65 Å². The van der Waals surface area contributed by atoms with Crippen LogP contribution in [0.5, 0.6) is 0 Å². The van der Waals surface area contributed by atoms with Crippen LogP contribution < -0.4 is 0 Å². The third-order valence-corrected chi connectivity index (χ3v) is 6.48. The van der Waals surface area contributed by atoms with Gasteiger partial charge in [-0.1, -0.05) is 13.8 Å². The molecule has 0 aromatic carbocycles. The monoisotopic (exact) mass is 428 g/mol. The highest BCUT2D eigenvalue weighted by molar-refractivity contribution is 7.15. The molecule has 0 bridgehead atoms. The van der Waals surface area contributed by atoms with Gasteiger partial charge in [0.25, 0.3) is 5.91 Å². The molecule has 6 nitrogen and oxygen atoms in total. The van der Waals surface area contributed by atoms with Gasteiger partial charge in [-0.3, -0.25) is 4.79 Å². The van der Waals surface area contributed by atoms with E-state index in [1.807, 2.05) is 15.6 Å². The van der Waals surface area contributed by atoms with Gasteiger partial charge in [-0.25, -0.2) is 9.67 Å². The second-order valence-electron chi connectivity index (χ2n) is 7.85. The van der Waals surface area contributed by atoms with Gasteiger partial charge < -0.3 is 9.64 Å². The minimum atomic E-state index is 0.0194. The van der Waals surface area contributed by atoms with E-state index in [4.69, 9.17) is 9.72 Å². The zero-order chi connectivity index (χ0) is 21.8. The lowest BCUT2D eigenvalue weighted by Gasteiger charge is -2.30. The minimum Gasteiger partial charge on any atom is -0.383 e. The zero-order valence-corrected chi connectivity index (χ0v) is 19.6. The lowest BCUT2D eigenvalue weighted by Crippen LogP contribution is -2.42. The van der Waals surface area contributed by atoms with Crippen LogP contribution in [0.2, 0.25) is 0 Å². The summed E-state index contributed by atoms with van der Waals surface area (Å²) in [6, 6.07) is 6.42. The normalized spacial score (nSPS) is 11.7. The smallest absolute Gasteiger partial charge is 0.255 e. The third-order valence-electron chi connectivity index (χ3n) is 5.46. The van der Waals surface area contributed by atoms with Gasteiger partial charge in [-0.15, -0.1) is 11.3 Å². The van der Waals surface area contributed by atoms with Crippen LogP contribution in [0.25, 0.3) is 21.6 Å². The van der Waals surface area contributed by atoms with Gasteiger partial charge in [0, 0.05) is 30.6 Å². The maximum Gasteiger partial charge on any atom is 0.255 e. The molecule has 0 radical (unpaired) electrons. The first kappa shape index (κ1) is 22.4. The Kier molecular flexibility index (Phi) is 7.26. The fourth-order valence-corrected chi connectivity index (χ4v) is 4.62. The number of amides is 1. The Morgan fingerprint density at radius 2 is 2.00 bits per heavy atom. The molecule has 3 aromatic heterocycles. The molecule has 0 saturated heterocycles. The van der Waals surface area contributed by atoms with Crippen LogP contribution in [0.4, 0.5) is 0 Å². The van der Waals surface area contributed by atoms with E-state index >= 15 is 0 Å². The summed E-state index contributed by atoms with van der Waals surface area (Å²) in [5.41, 5.74) is 2.24. The Hall–Kier alpha value is -2.25. The summed E-state index contributed by atoms with van der Waals surface area (Å²) in [5.74, 6) is 0.0194. The van der Waals surface area contributed by atoms with Crippen molar-refractivity contribution in [2.75, 3.05) is 20.3 Å². The summed E-state index contributed by atoms with van der Waals surface area (Å²) in [5, 5.41) is 5.35. The van der Waals surface area contributed by atoms with Crippen LogP contribution >= 0.6 is 11.3 Å². The number of carbonyl (C=O) groups is 1. The molecule has 3 aromatic rings. The molecule has 162 valence electrons.